The van der Waals surface area contributed by atoms with Gasteiger partial charge in [-0.2, -0.15) is 5.10 Å². The molecule has 0 saturated heterocycles. The highest BCUT2D eigenvalue weighted by atomic mass is 19.1. The fourth-order valence-electron chi connectivity index (χ4n) is 2.79. The SMILES string of the molecule is Cc1nn(-c2ccc(F)cc2F)c(C)c1CNCCNC(=O)c1ccco1. The molecular formula is C19H20F2N4O2. The second-order valence-electron chi connectivity index (χ2n) is 6.07. The Kier molecular flexibility index (Phi) is 5.66. The number of furan rings is 1. The number of rotatable bonds is 7. The molecule has 0 aliphatic carbocycles. The van der Waals surface area contributed by atoms with Crippen LogP contribution in [0.3, 0.4) is 0 Å². The van der Waals surface area contributed by atoms with Crippen LogP contribution in [0.1, 0.15) is 27.5 Å². The number of carbonyl (C=O) groups is 1. The maximum absolute atomic E-state index is 14.0. The van der Waals surface area contributed by atoms with Gasteiger partial charge in [0, 0.05) is 37.0 Å². The van der Waals surface area contributed by atoms with E-state index in [0.717, 1.165) is 23.0 Å². The number of aryl methyl sites for hydroxylation is 1. The predicted octanol–water partition coefficient (Wildman–Crippen LogP) is 2.88. The Bertz CT molecular complexity index is 936. The average Bonchev–Trinajstić information content (AvgIpc) is 3.25. The third kappa shape index (κ3) is 4.22. The molecule has 1 amide bonds. The summed E-state index contributed by atoms with van der Waals surface area (Å²) in [4.78, 5) is 11.8. The molecule has 8 heteroatoms. The van der Waals surface area contributed by atoms with Gasteiger partial charge in [0.25, 0.3) is 5.91 Å². The number of aromatic nitrogens is 2. The van der Waals surface area contributed by atoms with Gasteiger partial charge >= 0.3 is 0 Å². The number of hydrogen-bond acceptors (Lipinski definition) is 4. The molecule has 0 aliphatic heterocycles. The molecule has 0 unspecified atom stereocenters. The number of amides is 1. The molecule has 0 fully saturated rings. The van der Waals surface area contributed by atoms with E-state index in [1.54, 1.807) is 12.1 Å². The highest BCUT2D eigenvalue weighted by Gasteiger charge is 2.15. The predicted molar refractivity (Wildman–Crippen MR) is 95.7 cm³/mol. The first-order chi connectivity index (χ1) is 13.0. The highest BCUT2D eigenvalue weighted by Crippen LogP contribution is 2.20. The Morgan fingerprint density at radius 2 is 2.04 bits per heavy atom. The summed E-state index contributed by atoms with van der Waals surface area (Å²) in [7, 11) is 0. The monoisotopic (exact) mass is 374 g/mol. The van der Waals surface area contributed by atoms with E-state index in [9.17, 15) is 13.6 Å². The number of hydrogen-bond donors (Lipinski definition) is 2. The van der Waals surface area contributed by atoms with Gasteiger partial charge in [0.2, 0.25) is 0 Å². The standard InChI is InChI=1S/C19H20F2N4O2/c1-12-15(11-22-7-8-23-19(26)18-4-3-9-27-18)13(2)25(24-12)17-6-5-14(20)10-16(17)21/h3-6,9-10,22H,7-8,11H2,1-2H3,(H,23,26). The van der Waals surface area contributed by atoms with Crippen molar-refractivity contribution in [3.8, 4) is 5.69 Å². The molecule has 0 radical (unpaired) electrons. The fourth-order valence-corrected chi connectivity index (χ4v) is 2.79. The Hall–Kier alpha value is -3.00. The van der Waals surface area contributed by atoms with E-state index < -0.39 is 11.6 Å². The van der Waals surface area contributed by atoms with Crippen molar-refractivity contribution in [2.45, 2.75) is 20.4 Å². The molecule has 142 valence electrons. The van der Waals surface area contributed by atoms with Crippen LogP contribution < -0.4 is 10.6 Å². The Labute approximate surface area is 155 Å². The van der Waals surface area contributed by atoms with Crippen LogP contribution in [0.25, 0.3) is 5.69 Å². The summed E-state index contributed by atoms with van der Waals surface area (Å²) < 4.78 is 33.6. The highest BCUT2D eigenvalue weighted by molar-refractivity contribution is 5.91. The maximum atomic E-state index is 14.0. The number of nitrogens with zero attached hydrogens (tertiary/aromatic N) is 2. The van der Waals surface area contributed by atoms with Crippen LogP contribution in [0.5, 0.6) is 0 Å². The topological polar surface area (TPSA) is 72.1 Å². The first-order valence-electron chi connectivity index (χ1n) is 8.50. The van der Waals surface area contributed by atoms with Gasteiger partial charge in [-0.15, -0.1) is 0 Å². The quantitative estimate of drug-likeness (QED) is 0.624. The molecule has 0 saturated carbocycles. The van der Waals surface area contributed by atoms with Crippen LogP contribution >= 0.6 is 0 Å². The zero-order chi connectivity index (χ0) is 19.4. The van der Waals surface area contributed by atoms with Crippen molar-refractivity contribution >= 4 is 5.91 Å². The summed E-state index contributed by atoms with van der Waals surface area (Å²) in [5, 5.41) is 10.3. The second kappa shape index (κ2) is 8.13. The van der Waals surface area contributed by atoms with Crippen LogP contribution in [-0.2, 0) is 6.54 Å². The van der Waals surface area contributed by atoms with Crippen molar-refractivity contribution in [3.63, 3.8) is 0 Å². The number of halogens is 2. The van der Waals surface area contributed by atoms with Crippen molar-refractivity contribution in [2.75, 3.05) is 13.1 Å². The minimum absolute atomic E-state index is 0.203. The zero-order valence-electron chi connectivity index (χ0n) is 15.1. The summed E-state index contributed by atoms with van der Waals surface area (Å²) in [6, 6.07) is 6.66. The molecule has 3 rings (SSSR count). The van der Waals surface area contributed by atoms with Crippen LogP contribution in [0.15, 0.2) is 41.0 Å². The van der Waals surface area contributed by atoms with Crippen LogP contribution in [-0.4, -0.2) is 28.8 Å². The number of carbonyl (C=O) groups excluding carboxylic acids is 1. The first-order valence-corrected chi connectivity index (χ1v) is 8.50. The van der Waals surface area contributed by atoms with Gasteiger partial charge in [0.15, 0.2) is 11.6 Å². The van der Waals surface area contributed by atoms with E-state index in [1.807, 2.05) is 13.8 Å². The van der Waals surface area contributed by atoms with E-state index >= 15 is 0 Å². The molecule has 0 bridgehead atoms. The van der Waals surface area contributed by atoms with Crippen molar-refractivity contribution < 1.29 is 18.0 Å². The molecular weight excluding hydrogens is 354 g/mol. The van der Waals surface area contributed by atoms with Gasteiger partial charge in [-0.1, -0.05) is 0 Å². The lowest BCUT2D eigenvalue weighted by molar-refractivity contribution is 0.0926. The second-order valence-corrected chi connectivity index (χ2v) is 6.07. The van der Waals surface area contributed by atoms with Gasteiger partial charge < -0.3 is 15.1 Å². The summed E-state index contributed by atoms with van der Waals surface area (Å²) in [5.74, 6) is -1.30. The average molecular weight is 374 g/mol. The molecule has 0 spiro atoms. The zero-order valence-corrected chi connectivity index (χ0v) is 15.1. The molecule has 2 aromatic heterocycles. The summed E-state index contributed by atoms with van der Waals surface area (Å²) in [5.41, 5.74) is 2.65. The van der Waals surface area contributed by atoms with Crippen LogP contribution in [0, 0.1) is 25.5 Å². The number of nitrogens with one attached hydrogen (secondary N) is 2. The summed E-state index contributed by atoms with van der Waals surface area (Å²) in [6.45, 7) is 5.15. The Morgan fingerprint density at radius 1 is 1.22 bits per heavy atom. The van der Waals surface area contributed by atoms with Crippen molar-refractivity contribution in [1.29, 1.82) is 0 Å². The Morgan fingerprint density at radius 3 is 2.74 bits per heavy atom. The smallest absolute Gasteiger partial charge is 0.287 e. The van der Waals surface area contributed by atoms with Crippen LogP contribution in [0.4, 0.5) is 8.78 Å². The summed E-state index contributed by atoms with van der Waals surface area (Å²) >= 11 is 0. The maximum Gasteiger partial charge on any atom is 0.287 e. The third-order valence-corrected chi connectivity index (χ3v) is 4.21. The summed E-state index contributed by atoms with van der Waals surface area (Å²) in [6.07, 6.45) is 1.44. The van der Waals surface area contributed by atoms with Crippen molar-refractivity contribution in [3.05, 3.63) is 70.9 Å². The van der Waals surface area contributed by atoms with E-state index in [1.165, 1.54) is 23.1 Å². The van der Waals surface area contributed by atoms with Gasteiger partial charge in [-0.3, -0.25) is 4.79 Å². The lowest BCUT2D eigenvalue weighted by atomic mass is 10.2. The van der Waals surface area contributed by atoms with Gasteiger partial charge in [-0.25, -0.2) is 13.5 Å². The minimum atomic E-state index is -0.666. The molecule has 27 heavy (non-hydrogen) atoms. The lowest BCUT2D eigenvalue weighted by Gasteiger charge is -2.08. The lowest BCUT2D eigenvalue weighted by Crippen LogP contribution is -2.31. The van der Waals surface area contributed by atoms with Crippen LogP contribution in [0.2, 0.25) is 0 Å². The normalized spacial score (nSPS) is 11.0. The first kappa shape index (κ1) is 18.8. The van der Waals surface area contributed by atoms with Crippen molar-refractivity contribution in [2.24, 2.45) is 0 Å². The molecule has 3 aromatic rings. The molecule has 2 heterocycles. The molecule has 0 atom stereocenters. The van der Waals surface area contributed by atoms with E-state index in [4.69, 9.17) is 4.42 Å². The van der Waals surface area contributed by atoms with E-state index in [-0.39, 0.29) is 17.4 Å². The van der Waals surface area contributed by atoms with Gasteiger partial charge in [0.05, 0.1) is 12.0 Å². The fraction of sp³-hybridized carbons (Fsp3) is 0.263. The molecule has 2 N–H and O–H groups in total. The van der Waals surface area contributed by atoms with Gasteiger partial charge in [-0.05, 0) is 38.1 Å². The minimum Gasteiger partial charge on any atom is -0.459 e. The van der Waals surface area contributed by atoms with Crippen molar-refractivity contribution in [1.82, 2.24) is 20.4 Å². The Balaban J connectivity index is 1.58. The largest absolute Gasteiger partial charge is 0.459 e. The number of benzene rings is 1. The molecule has 1 aromatic carbocycles. The molecule has 0 aliphatic rings. The third-order valence-electron chi connectivity index (χ3n) is 4.21. The van der Waals surface area contributed by atoms with E-state index in [2.05, 4.69) is 15.7 Å². The van der Waals surface area contributed by atoms with Gasteiger partial charge in [0.1, 0.15) is 11.5 Å². The van der Waals surface area contributed by atoms with E-state index in [0.29, 0.717) is 19.6 Å². The molecule has 6 nitrogen and oxygen atoms in total.